The van der Waals surface area contributed by atoms with Crippen molar-refractivity contribution in [2.24, 2.45) is 0 Å². The average molecular weight is 434 g/mol. The van der Waals surface area contributed by atoms with Crippen LogP contribution in [0.1, 0.15) is 20.7 Å². The van der Waals surface area contributed by atoms with Crippen molar-refractivity contribution in [1.29, 1.82) is 0 Å². The molecule has 24 heavy (non-hydrogen) atoms. The van der Waals surface area contributed by atoms with Crippen molar-refractivity contribution < 1.29 is 14.0 Å². The fraction of sp³-hybridized carbons (Fsp3) is 0. The number of para-hydroxylation sites is 1. The van der Waals surface area contributed by atoms with E-state index < -0.39 is 17.4 Å². The number of rotatable bonds is 2. The van der Waals surface area contributed by atoms with Gasteiger partial charge in [0.2, 0.25) is 0 Å². The van der Waals surface area contributed by atoms with E-state index in [1.54, 1.807) is 42.5 Å². The first-order valence-corrected chi connectivity index (χ1v) is 8.01. The van der Waals surface area contributed by atoms with E-state index >= 15 is 0 Å². The zero-order valence-electron chi connectivity index (χ0n) is 12.2. The van der Waals surface area contributed by atoms with Gasteiger partial charge in [-0.05, 0) is 52.9 Å². The highest BCUT2D eigenvalue weighted by molar-refractivity contribution is 14.1. The third-order valence-electron chi connectivity index (χ3n) is 3.26. The first-order chi connectivity index (χ1) is 11.5. The van der Waals surface area contributed by atoms with Crippen molar-refractivity contribution in [2.75, 3.05) is 0 Å². The van der Waals surface area contributed by atoms with Gasteiger partial charge in [0.1, 0.15) is 11.1 Å². The van der Waals surface area contributed by atoms with Gasteiger partial charge in [-0.3, -0.25) is 20.4 Å². The molecule has 2 amide bonds. The number of halogens is 1. The van der Waals surface area contributed by atoms with E-state index in [1.165, 1.54) is 6.07 Å². The molecule has 6 nitrogen and oxygen atoms in total. The summed E-state index contributed by atoms with van der Waals surface area (Å²) < 4.78 is 5.98. The van der Waals surface area contributed by atoms with Gasteiger partial charge in [-0.25, -0.2) is 4.79 Å². The smallest absolute Gasteiger partial charge is 0.349 e. The Labute approximate surface area is 150 Å². The molecule has 0 aliphatic carbocycles. The number of nitrogens with one attached hydrogen (secondary N) is 2. The number of benzene rings is 2. The van der Waals surface area contributed by atoms with Crippen LogP contribution in [-0.2, 0) is 0 Å². The Hall–Kier alpha value is -2.68. The molecule has 0 saturated heterocycles. The lowest BCUT2D eigenvalue weighted by Gasteiger charge is -2.07. The van der Waals surface area contributed by atoms with Crippen molar-refractivity contribution in [3.05, 3.63) is 79.7 Å². The molecule has 120 valence electrons. The quantitative estimate of drug-likeness (QED) is 0.369. The molecule has 3 aromatic rings. The van der Waals surface area contributed by atoms with Crippen LogP contribution in [0, 0.1) is 3.57 Å². The largest absolute Gasteiger partial charge is 0.422 e. The molecule has 1 aromatic heterocycles. The first-order valence-electron chi connectivity index (χ1n) is 6.94. The maximum absolute atomic E-state index is 12.1. The molecular weight excluding hydrogens is 423 g/mol. The summed E-state index contributed by atoms with van der Waals surface area (Å²) in [5, 5.41) is 0.617. The highest BCUT2D eigenvalue weighted by Crippen LogP contribution is 2.12. The Morgan fingerprint density at radius 2 is 1.67 bits per heavy atom. The molecule has 0 aliphatic heterocycles. The molecule has 0 unspecified atom stereocenters. The molecule has 0 atom stereocenters. The van der Waals surface area contributed by atoms with Crippen molar-refractivity contribution in [1.82, 2.24) is 10.9 Å². The predicted molar refractivity (Wildman–Crippen MR) is 96.6 cm³/mol. The molecule has 0 saturated carbocycles. The summed E-state index contributed by atoms with van der Waals surface area (Å²) in [4.78, 5) is 36.0. The second-order valence-electron chi connectivity index (χ2n) is 4.90. The van der Waals surface area contributed by atoms with Crippen LogP contribution in [-0.4, -0.2) is 11.8 Å². The minimum absolute atomic E-state index is 0.184. The molecule has 2 N–H and O–H groups in total. The zero-order valence-corrected chi connectivity index (χ0v) is 14.4. The van der Waals surface area contributed by atoms with Gasteiger partial charge in [-0.1, -0.05) is 24.3 Å². The van der Waals surface area contributed by atoms with E-state index in [2.05, 4.69) is 33.4 Å². The van der Waals surface area contributed by atoms with Gasteiger partial charge < -0.3 is 4.42 Å². The van der Waals surface area contributed by atoms with Gasteiger partial charge in [-0.2, -0.15) is 0 Å². The molecule has 0 bridgehead atoms. The summed E-state index contributed by atoms with van der Waals surface area (Å²) in [6, 6.07) is 15.1. The lowest BCUT2D eigenvalue weighted by atomic mass is 10.2. The maximum Gasteiger partial charge on any atom is 0.349 e. The fourth-order valence-electron chi connectivity index (χ4n) is 2.10. The summed E-state index contributed by atoms with van der Waals surface area (Å²) >= 11 is 2.08. The average Bonchev–Trinajstić information content (AvgIpc) is 2.58. The minimum Gasteiger partial charge on any atom is -0.422 e. The van der Waals surface area contributed by atoms with Crippen LogP contribution >= 0.6 is 22.6 Å². The molecule has 0 aliphatic rings. The van der Waals surface area contributed by atoms with Crippen LogP contribution in [0.15, 0.2) is 63.8 Å². The molecule has 2 aromatic carbocycles. The molecule has 0 fully saturated rings. The number of hydrazine groups is 1. The van der Waals surface area contributed by atoms with Crippen molar-refractivity contribution >= 4 is 45.4 Å². The van der Waals surface area contributed by atoms with Crippen LogP contribution in [0.5, 0.6) is 0 Å². The van der Waals surface area contributed by atoms with Gasteiger partial charge in [0.25, 0.3) is 11.8 Å². The summed E-state index contributed by atoms with van der Waals surface area (Å²) in [6.45, 7) is 0. The first kappa shape index (κ1) is 16.2. The van der Waals surface area contributed by atoms with E-state index in [4.69, 9.17) is 4.42 Å². The third-order valence-corrected chi connectivity index (χ3v) is 3.93. The van der Waals surface area contributed by atoms with Gasteiger partial charge in [0, 0.05) is 14.5 Å². The van der Waals surface area contributed by atoms with E-state index in [0.29, 0.717) is 16.5 Å². The van der Waals surface area contributed by atoms with Gasteiger partial charge >= 0.3 is 5.63 Å². The third kappa shape index (κ3) is 3.46. The number of carbonyl (C=O) groups excluding carboxylic acids is 2. The van der Waals surface area contributed by atoms with Crippen molar-refractivity contribution in [3.63, 3.8) is 0 Å². The van der Waals surface area contributed by atoms with Crippen LogP contribution < -0.4 is 16.5 Å². The van der Waals surface area contributed by atoms with Crippen LogP contribution in [0.2, 0.25) is 0 Å². The monoisotopic (exact) mass is 434 g/mol. The number of hydrogen-bond acceptors (Lipinski definition) is 4. The van der Waals surface area contributed by atoms with Crippen LogP contribution in [0.25, 0.3) is 11.0 Å². The summed E-state index contributed by atoms with van der Waals surface area (Å²) in [5.74, 6) is -1.22. The lowest BCUT2D eigenvalue weighted by molar-refractivity contribution is 0.0844. The lowest BCUT2D eigenvalue weighted by Crippen LogP contribution is -2.43. The highest BCUT2D eigenvalue weighted by atomic mass is 127. The molecule has 0 radical (unpaired) electrons. The fourth-order valence-corrected chi connectivity index (χ4v) is 2.65. The summed E-state index contributed by atoms with van der Waals surface area (Å²) in [5.41, 5.74) is 4.33. The van der Waals surface area contributed by atoms with Crippen LogP contribution in [0.3, 0.4) is 0 Å². The Morgan fingerprint density at radius 1 is 0.917 bits per heavy atom. The van der Waals surface area contributed by atoms with Gasteiger partial charge in [0.05, 0.1) is 0 Å². The van der Waals surface area contributed by atoms with Gasteiger partial charge in [0.15, 0.2) is 0 Å². The van der Waals surface area contributed by atoms with Crippen LogP contribution in [0.4, 0.5) is 0 Å². The number of amides is 2. The van der Waals surface area contributed by atoms with Crippen molar-refractivity contribution in [3.8, 4) is 0 Å². The minimum atomic E-state index is -0.769. The molecule has 7 heteroatoms. The van der Waals surface area contributed by atoms with E-state index in [-0.39, 0.29) is 5.56 Å². The van der Waals surface area contributed by atoms with Crippen molar-refractivity contribution in [2.45, 2.75) is 0 Å². The standard InChI is InChI=1S/C17H11IN2O4/c18-12-6-3-5-11(8-12)15(21)19-20-16(22)13-9-10-4-1-2-7-14(10)24-17(13)23/h1-9H,(H,19,21)(H,20,22). The van der Waals surface area contributed by atoms with E-state index in [0.717, 1.165) is 3.57 Å². The normalized spacial score (nSPS) is 10.4. The topological polar surface area (TPSA) is 88.4 Å². The molecule has 0 spiro atoms. The molecule has 1 heterocycles. The zero-order chi connectivity index (χ0) is 17.1. The van der Waals surface area contributed by atoms with E-state index in [9.17, 15) is 14.4 Å². The Morgan fingerprint density at radius 3 is 2.46 bits per heavy atom. The second kappa shape index (κ2) is 6.83. The van der Waals surface area contributed by atoms with E-state index in [1.807, 2.05) is 6.07 Å². The maximum atomic E-state index is 12.1. The summed E-state index contributed by atoms with van der Waals surface area (Å²) in [6.07, 6.45) is 0. The number of hydrogen-bond donors (Lipinski definition) is 2. The molecule has 3 rings (SSSR count). The van der Waals surface area contributed by atoms with Gasteiger partial charge in [-0.15, -0.1) is 0 Å². The SMILES string of the molecule is O=C(NNC(=O)c1cc2ccccc2oc1=O)c1cccc(I)c1. The Balaban J connectivity index is 1.77. The Kier molecular flexibility index (Phi) is 4.61. The second-order valence-corrected chi connectivity index (χ2v) is 6.15. The molecular formula is C17H11IN2O4. The Bertz CT molecular complexity index is 997. The summed E-state index contributed by atoms with van der Waals surface area (Å²) in [7, 11) is 0. The number of carbonyl (C=O) groups is 2. The number of fused-ring (bicyclic) bond motifs is 1. The predicted octanol–water partition coefficient (Wildman–Crippen LogP) is 2.47. The highest BCUT2D eigenvalue weighted by Gasteiger charge is 2.15.